The van der Waals surface area contributed by atoms with E-state index in [4.69, 9.17) is 9.47 Å². The molecular weight excluding hydrogens is 220 g/mol. The fraction of sp³-hybridized carbons (Fsp3) is 0.417. The van der Waals surface area contributed by atoms with Crippen LogP contribution in [0.3, 0.4) is 0 Å². The summed E-state index contributed by atoms with van der Waals surface area (Å²) in [5.74, 6) is 0.760. The lowest BCUT2D eigenvalue weighted by atomic mass is 10.3. The molecule has 0 saturated carbocycles. The second-order valence-electron chi connectivity index (χ2n) is 3.57. The van der Waals surface area contributed by atoms with Gasteiger partial charge in [-0.2, -0.15) is 0 Å². The van der Waals surface area contributed by atoms with Crippen molar-refractivity contribution in [1.29, 1.82) is 0 Å². The van der Waals surface area contributed by atoms with Gasteiger partial charge in [0.25, 0.3) is 0 Å². The minimum absolute atomic E-state index is 0.160. The lowest BCUT2D eigenvalue weighted by Gasteiger charge is -2.17. The van der Waals surface area contributed by atoms with E-state index in [1.54, 1.807) is 50.4 Å². The van der Waals surface area contributed by atoms with Crippen molar-refractivity contribution in [3.05, 3.63) is 24.3 Å². The molecule has 0 atom stereocenters. The first-order valence-corrected chi connectivity index (χ1v) is 5.32. The van der Waals surface area contributed by atoms with Crippen molar-refractivity contribution in [2.24, 2.45) is 0 Å². The topological polar surface area (TPSA) is 50.8 Å². The summed E-state index contributed by atoms with van der Waals surface area (Å²) in [6, 6.07) is 7.02. The van der Waals surface area contributed by atoms with Gasteiger partial charge in [-0.15, -0.1) is 0 Å². The molecule has 5 nitrogen and oxygen atoms in total. The van der Waals surface area contributed by atoms with Gasteiger partial charge in [0.05, 0.1) is 13.7 Å². The average molecular weight is 238 g/mol. The number of nitrogens with zero attached hydrogens (tertiary/aromatic N) is 1. The Morgan fingerprint density at radius 1 is 1.29 bits per heavy atom. The SMILES string of the molecule is COCCN(C)C(=O)Nc1ccc(OC)cc1. The van der Waals surface area contributed by atoms with Crippen LogP contribution >= 0.6 is 0 Å². The number of benzene rings is 1. The Labute approximate surface area is 101 Å². The molecule has 17 heavy (non-hydrogen) atoms. The minimum atomic E-state index is -0.160. The predicted molar refractivity (Wildman–Crippen MR) is 66.5 cm³/mol. The van der Waals surface area contributed by atoms with Gasteiger partial charge in [-0.25, -0.2) is 4.79 Å². The second-order valence-corrected chi connectivity index (χ2v) is 3.57. The Kier molecular flexibility index (Phi) is 5.29. The zero-order chi connectivity index (χ0) is 12.7. The minimum Gasteiger partial charge on any atom is -0.497 e. The quantitative estimate of drug-likeness (QED) is 0.851. The van der Waals surface area contributed by atoms with Crippen molar-refractivity contribution >= 4 is 11.7 Å². The Bertz CT molecular complexity index is 351. The molecule has 1 N–H and O–H groups in total. The summed E-state index contributed by atoms with van der Waals surface area (Å²) in [5, 5.41) is 2.78. The van der Waals surface area contributed by atoms with E-state index in [-0.39, 0.29) is 6.03 Å². The summed E-state index contributed by atoms with van der Waals surface area (Å²) in [6.45, 7) is 1.07. The molecule has 1 rings (SSSR count). The Morgan fingerprint density at radius 2 is 1.94 bits per heavy atom. The van der Waals surface area contributed by atoms with Gasteiger partial charge < -0.3 is 19.7 Å². The third kappa shape index (κ3) is 4.32. The molecule has 94 valence electrons. The van der Waals surface area contributed by atoms with Gasteiger partial charge in [-0.1, -0.05) is 0 Å². The monoisotopic (exact) mass is 238 g/mol. The molecule has 0 heterocycles. The molecule has 5 heteroatoms. The Balaban J connectivity index is 2.49. The standard InChI is InChI=1S/C12H18N2O3/c1-14(8-9-16-2)12(15)13-10-4-6-11(17-3)7-5-10/h4-7H,8-9H2,1-3H3,(H,13,15). The number of anilines is 1. The van der Waals surface area contributed by atoms with E-state index in [1.165, 1.54) is 0 Å². The van der Waals surface area contributed by atoms with Crippen LogP contribution in [-0.2, 0) is 4.74 Å². The van der Waals surface area contributed by atoms with Gasteiger partial charge >= 0.3 is 6.03 Å². The number of likely N-dealkylation sites (N-methyl/N-ethyl adjacent to an activating group) is 1. The number of nitrogens with one attached hydrogen (secondary N) is 1. The number of methoxy groups -OCH3 is 2. The number of hydrogen-bond donors (Lipinski definition) is 1. The molecule has 1 aromatic rings. The first kappa shape index (κ1) is 13.3. The number of carbonyl (C=O) groups excluding carboxylic acids is 1. The van der Waals surface area contributed by atoms with Gasteiger partial charge in [0.15, 0.2) is 0 Å². The number of carbonyl (C=O) groups is 1. The van der Waals surface area contributed by atoms with Crippen LogP contribution in [0.5, 0.6) is 5.75 Å². The van der Waals surface area contributed by atoms with E-state index in [1.807, 2.05) is 0 Å². The molecule has 2 amide bonds. The van der Waals surface area contributed by atoms with Crippen molar-refractivity contribution in [3.63, 3.8) is 0 Å². The van der Waals surface area contributed by atoms with Crippen LogP contribution in [0.25, 0.3) is 0 Å². The summed E-state index contributed by atoms with van der Waals surface area (Å²) >= 11 is 0. The molecule has 0 aliphatic rings. The lowest BCUT2D eigenvalue weighted by molar-refractivity contribution is 0.165. The van der Waals surface area contributed by atoms with Crippen LogP contribution < -0.4 is 10.1 Å². The van der Waals surface area contributed by atoms with E-state index in [0.29, 0.717) is 13.2 Å². The molecule has 0 aliphatic carbocycles. The van der Waals surface area contributed by atoms with Gasteiger partial charge in [-0.05, 0) is 24.3 Å². The van der Waals surface area contributed by atoms with E-state index >= 15 is 0 Å². The highest BCUT2D eigenvalue weighted by Gasteiger charge is 2.07. The van der Waals surface area contributed by atoms with Crippen molar-refractivity contribution in [1.82, 2.24) is 4.90 Å². The highest BCUT2D eigenvalue weighted by atomic mass is 16.5. The summed E-state index contributed by atoms with van der Waals surface area (Å²) in [5.41, 5.74) is 0.736. The zero-order valence-electron chi connectivity index (χ0n) is 10.4. The van der Waals surface area contributed by atoms with Crippen molar-refractivity contribution < 1.29 is 14.3 Å². The molecule has 0 fully saturated rings. The number of urea groups is 1. The van der Waals surface area contributed by atoms with Crippen LogP contribution in [-0.4, -0.2) is 45.3 Å². The summed E-state index contributed by atoms with van der Waals surface area (Å²) in [4.78, 5) is 13.3. The lowest BCUT2D eigenvalue weighted by Crippen LogP contribution is -2.33. The maximum absolute atomic E-state index is 11.7. The van der Waals surface area contributed by atoms with E-state index < -0.39 is 0 Å². The molecule has 0 bridgehead atoms. The average Bonchev–Trinajstić information content (AvgIpc) is 2.36. The van der Waals surface area contributed by atoms with Crippen molar-refractivity contribution in [2.75, 3.05) is 39.7 Å². The molecule has 0 unspecified atom stereocenters. The number of amides is 2. The van der Waals surface area contributed by atoms with Crippen LogP contribution in [0, 0.1) is 0 Å². The van der Waals surface area contributed by atoms with Crippen LogP contribution in [0.15, 0.2) is 24.3 Å². The molecule has 0 radical (unpaired) electrons. The fourth-order valence-corrected chi connectivity index (χ4v) is 1.22. The largest absolute Gasteiger partial charge is 0.497 e. The number of ether oxygens (including phenoxy) is 2. The van der Waals surface area contributed by atoms with Gasteiger partial charge in [0, 0.05) is 26.4 Å². The van der Waals surface area contributed by atoms with Gasteiger partial charge in [0.1, 0.15) is 5.75 Å². The van der Waals surface area contributed by atoms with Gasteiger partial charge in [0.2, 0.25) is 0 Å². The second kappa shape index (κ2) is 6.75. The first-order valence-electron chi connectivity index (χ1n) is 5.32. The Morgan fingerprint density at radius 3 is 2.47 bits per heavy atom. The van der Waals surface area contributed by atoms with Gasteiger partial charge in [-0.3, -0.25) is 0 Å². The van der Waals surface area contributed by atoms with Crippen LogP contribution in [0.1, 0.15) is 0 Å². The van der Waals surface area contributed by atoms with Crippen molar-refractivity contribution in [2.45, 2.75) is 0 Å². The Hall–Kier alpha value is -1.75. The maximum Gasteiger partial charge on any atom is 0.321 e. The van der Waals surface area contributed by atoms with Crippen LogP contribution in [0.2, 0.25) is 0 Å². The fourth-order valence-electron chi connectivity index (χ4n) is 1.22. The smallest absolute Gasteiger partial charge is 0.321 e. The summed E-state index contributed by atoms with van der Waals surface area (Å²) in [7, 11) is 4.93. The highest BCUT2D eigenvalue weighted by Crippen LogP contribution is 2.15. The third-order valence-electron chi connectivity index (χ3n) is 2.32. The van der Waals surface area contributed by atoms with E-state index in [2.05, 4.69) is 5.32 Å². The third-order valence-corrected chi connectivity index (χ3v) is 2.32. The molecular formula is C12H18N2O3. The van der Waals surface area contributed by atoms with Crippen molar-refractivity contribution in [3.8, 4) is 5.75 Å². The number of rotatable bonds is 5. The molecule has 0 aromatic heterocycles. The molecule has 1 aromatic carbocycles. The number of hydrogen-bond acceptors (Lipinski definition) is 3. The normalized spacial score (nSPS) is 9.82. The molecule has 0 aliphatic heterocycles. The van der Waals surface area contributed by atoms with E-state index in [0.717, 1.165) is 11.4 Å². The summed E-state index contributed by atoms with van der Waals surface area (Å²) < 4.78 is 9.94. The molecule has 0 saturated heterocycles. The summed E-state index contributed by atoms with van der Waals surface area (Å²) in [6.07, 6.45) is 0. The van der Waals surface area contributed by atoms with Crippen LogP contribution in [0.4, 0.5) is 10.5 Å². The predicted octanol–water partition coefficient (Wildman–Crippen LogP) is 1.81. The van der Waals surface area contributed by atoms with E-state index in [9.17, 15) is 4.79 Å². The zero-order valence-corrected chi connectivity index (χ0v) is 10.4. The molecule has 0 spiro atoms. The maximum atomic E-state index is 11.7. The highest BCUT2D eigenvalue weighted by molar-refractivity contribution is 5.89. The first-order chi connectivity index (χ1) is 8.17.